The fourth-order valence-corrected chi connectivity index (χ4v) is 5.99. The Kier molecular flexibility index (Phi) is 8.41. The second-order valence-electron chi connectivity index (χ2n) is 10.5. The number of piperidine rings is 1. The Hall–Kier alpha value is -2.20. The number of carbonyl (C=O) groups excluding carboxylic acids is 2. The molecule has 3 fully saturated rings. The quantitative estimate of drug-likeness (QED) is 0.500. The van der Waals surface area contributed by atoms with Crippen LogP contribution in [0.1, 0.15) is 56.4 Å². The van der Waals surface area contributed by atoms with Crippen LogP contribution in [-0.2, 0) is 19.1 Å². The number of hydrogen-bond donors (Lipinski definition) is 3. The molecule has 0 unspecified atom stereocenters. The van der Waals surface area contributed by atoms with Gasteiger partial charge in [-0.1, -0.05) is 6.42 Å². The van der Waals surface area contributed by atoms with Gasteiger partial charge in [0.15, 0.2) is 0 Å². The van der Waals surface area contributed by atoms with Crippen LogP contribution in [0.3, 0.4) is 0 Å². The first kappa shape index (κ1) is 25.4. The molecule has 9 heteroatoms. The number of carbonyl (C=O) groups is 2. The molecule has 9 nitrogen and oxygen atoms in total. The number of aliphatic hydroxyl groups excluding tert-OH is 1. The zero-order valence-corrected chi connectivity index (χ0v) is 21.0. The van der Waals surface area contributed by atoms with Crippen molar-refractivity contribution in [3.63, 3.8) is 0 Å². The average molecular weight is 502 g/mol. The van der Waals surface area contributed by atoms with E-state index in [0.29, 0.717) is 26.2 Å². The molecule has 2 amide bonds. The first-order valence-electron chi connectivity index (χ1n) is 13.6. The van der Waals surface area contributed by atoms with Gasteiger partial charge in [0.05, 0.1) is 19.1 Å². The van der Waals surface area contributed by atoms with Crippen molar-refractivity contribution >= 4 is 17.5 Å². The van der Waals surface area contributed by atoms with Crippen LogP contribution in [-0.4, -0.2) is 86.1 Å². The fraction of sp³-hybridized carbons (Fsp3) is 0.704. The van der Waals surface area contributed by atoms with Gasteiger partial charge >= 0.3 is 0 Å². The fourth-order valence-electron chi connectivity index (χ4n) is 5.99. The first-order chi connectivity index (χ1) is 17.6. The highest BCUT2D eigenvalue weighted by Gasteiger charge is 2.46. The summed E-state index contributed by atoms with van der Waals surface area (Å²) >= 11 is 0. The maximum Gasteiger partial charge on any atom is 0.227 e. The van der Waals surface area contributed by atoms with E-state index in [1.807, 2.05) is 18.2 Å². The summed E-state index contributed by atoms with van der Waals surface area (Å²) in [7, 11) is 0. The van der Waals surface area contributed by atoms with Crippen LogP contribution in [0.15, 0.2) is 18.2 Å². The molecule has 0 bridgehead atoms. The number of ether oxygens (including phenoxy) is 3. The molecule has 0 aliphatic carbocycles. The molecule has 0 spiro atoms. The second-order valence-corrected chi connectivity index (χ2v) is 10.5. The standard InChI is InChI=1S/C27H39N3O6/c31-17-24-26-22(15-20(35-24)16-25(32)28-8-11-30-9-2-1-3-10-30)21-14-19(4-5-23(21)36-26)29-27(33)18-6-12-34-13-7-18/h4-5,14,18,20,22,24,26,31H,1-3,6-13,15-17H2,(H,28,32)(H,29,33)/t20-,22+,24+,26-/m1/s1. The molecule has 0 saturated carbocycles. The second kappa shape index (κ2) is 11.9. The van der Waals surface area contributed by atoms with E-state index >= 15 is 0 Å². The van der Waals surface area contributed by atoms with Gasteiger partial charge in [0.1, 0.15) is 18.0 Å². The van der Waals surface area contributed by atoms with Crippen molar-refractivity contribution in [3.05, 3.63) is 23.8 Å². The van der Waals surface area contributed by atoms with Gasteiger partial charge in [-0.2, -0.15) is 0 Å². The molecule has 4 heterocycles. The van der Waals surface area contributed by atoms with Crippen LogP contribution in [0.4, 0.5) is 5.69 Å². The highest BCUT2D eigenvalue weighted by atomic mass is 16.6. The number of anilines is 1. The van der Waals surface area contributed by atoms with Crippen LogP contribution >= 0.6 is 0 Å². The Labute approximate surface area is 212 Å². The van der Waals surface area contributed by atoms with Crippen molar-refractivity contribution in [2.24, 2.45) is 5.92 Å². The van der Waals surface area contributed by atoms with Gasteiger partial charge in [-0.05, 0) is 63.4 Å². The molecule has 36 heavy (non-hydrogen) atoms. The van der Waals surface area contributed by atoms with Crippen LogP contribution in [0.25, 0.3) is 0 Å². The number of amides is 2. The van der Waals surface area contributed by atoms with Crippen LogP contribution in [0, 0.1) is 5.92 Å². The summed E-state index contributed by atoms with van der Waals surface area (Å²) in [5.41, 5.74) is 1.75. The van der Waals surface area contributed by atoms with Crippen LogP contribution in [0.2, 0.25) is 0 Å². The molecular weight excluding hydrogens is 462 g/mol. The number of hydrogen-bond acceptors (Lipinski definition) is 7. The minimum atomic E-state index is -0.498. The number of nitrogens with one attached hydrogen (secondary N) is 2. The molecule has 0 radical (unpaired) electrons. The summed E-state index contributed by atoms with van der Waals surface area (Å²) in [6.45, 7) is 4.81. The number of benzene rings is 1. The van der Waals surface area contributed by atoms with Crippen molar-refractivity contribution in [1.82, 2.24) is 10.2 Å². The highest BCUT2D eigenvalue weighted by Crippen LogP contribution is 2.47. The van der Waals surface area contributed by atoms with E-state index < -0.39 is 6.10 Å². The van der Waals surface area contributed by atoms with E-state index in [1.54, 1.807) is 0 Å². The molecule has 4 atom stereocenters. The average Bonchev–Trinajstić information content (AvgIpc) is 3.27. The predicted octanol–water partition coefficient (Wildman–Crippen LogP) is 2.04. The minimum absolute atomic E-state index is 0.00279. The Morgan fingerprint density at radius 1 is 1.11 bits per heavy atom. The number of aliphatic hydroxyl groups is 1. The van der Waals surface area contributed by atoms with Crippen LogP contribution < -0.4 is 15.4 Å². The third-order valence-corrected chi connectivity index (χ3v) is 7.97. The van der Waals surface area contributed by atoms with E-state index in [9.17, 15) is 14.7 Å². The topological polar surface area (TPSA) is 109 Å². The molecule has 3 saturated heterocycles. The zero-order chi connectivity index (χ0) is 24.9. The lowest BCUT2D eigenvalue weighted by Crippen LogP contribution is -2.47. The molecule has 4 aliphatic heterocycles. The van der Waals surface area contributed by atoms with Gasteiger partial charge in [-0.15, -0.1) is 0 Å². The third-order valence-electron chi connectivity index (χ3n) is 7.97. The molecule has 5 rings (SSSR count). The summed E-state index contributed by atoms with van der Waals surface area (Å²) in [5.74, 6) is 0.715. The number of likely N-dealkylation sites (tertiary alicyclic amines) is 1. The summed E-state index contributed by atoms with van der Waals surface area (Å²) in [6, 6.07) is 5.71. The minimum Gasteiger partial charge on any atom is -0.487 e. The molecular formula is C27H39N3O6. The van der Waals surface area contributed by atoms with E-state index in [1.165, 1.54) is 19.3 Å². The lowest BCUT2D eigenvalue weighted by atomic mass is 9.84. The lowest BCUT2D eigenvalue weighted by Gasteiger charge is -2.37. The lowest BCUT2D eigenvalue weighted by molar-refractivity contribution is -0.142. The highest BCUT2D eigenvalue weighted by molar-refractivity contribution is 5.92. The maximum absolute atomic E-state index is 12.7. The summed E-state index contributed by atoms with van der Waals surface area (Å²) in [4.78, 5) is 27.8. The largest absolute Gasteiger partial charge is 0.487 e. The predicted molar refractivity (Wildman–Crippen MR) is 134 cm³/mol. The van der Waals surface area contributed by atoms with Crippen molar-refractivity contribution in [2.45, 2.75) is 69.2 Å². The maximum atomic E-state index is 12.7. The Morgan fingerprint density at radius 2 is 1.92 bits per heavy atom. The van der Waals surface area contributed by atoms with Gasteiger partial charge < -0.3 is 34.9 Å². The molecule has 1 aromatic carbocycles. The van der Waals surface area contributed by atoms with Crippen molar-refractivity contribution in [1.29, 1.82) is 0 Å². The Bertz CT molecular complexity index is 915. The van der Waals surface area contributed by atoms with Gasteiger partial charge in [0, 0.05) is 49.4 Å². The number of fused-ring (bicyclic) bond motifs is 3. The molecule has 1 aromatic rings. The smallest absolute Gasteiger partial charge is 0.227 e. The van der Waals surface area contributed by atoms with Gasteiger partial charge in [-0.25, -0.2) is 0 Å². The van der Waals surface area contributed by atoms with E-state index in [4.69, 9.17) is 14.2 Å². The molecule has 3 N–H and O–H groups in total. The first-order valence-corrected chi connectivity index (χ1v) is 13.6. The van der Waals surface area contributed by atoms with Gasteiger partial charge in [-0.3, -0.25) is 9.59 Å². The van der Waals surface area contributed by atoms with E-state index in [-0.39, 0.29) is 48.9 Å². The van der Waals surface area contributed by atoms with E-state index in [2.05, 4.69) is 15.5 Å². The summed E-state index contributed by atoms with van der Waals surface area (Å²) < 4.78 is 17.6. The summed E-state index contributed by atoms with van der Waals surface area (Å²) in [5, 5.41) is 16.1. The van der Waals surface area contributed by atoms with Crippen molar-refractivity contribution in [3.8, 4) is 5.75 Å². The van der Waals surface area contributed by atoms with E-state index in [0.717, 1.165) is 49.5 Å². The molecule has 198 valence electrons. The summed E-state index contributed by atoms with van der Waals surface area (Å²) in [6.07, 6.45) is 5.04. The molecule has 4 aliphatic rings. The number of rotatable bonds is 8. The van der Waals surface area contributed by atoms with Crippen molar-refractivity contribution < 1.29 is 28.9 Å². The monoisotopic (exact) mass is 501 g/mol. The number of nitrogens with zero attached hydrogens (tertiary/aromatic N) is 1. The van der Waals surface area contributed by atoms with Crippen LogP contribution in [0.5, 0.6) is 5.75 Å². The molecule has 0 aromatic heterocycles. The Morgan fingerprint density at radius 3 is 2.69 bits per heavy atom. The normalized spacial score (nSPS) is 28.6. The Balaban J connectivity index is 1.18. The van der Waals surface area contributed by atoms with Gasteiger partial charge in [0.25, 0.3) is 0 Å². The third kappa shape index (κ3) is 6.02. The van der Waals surface area contributed by atoms with Gasteiger partial charge in [0.2, 0.25) is 11.8 Å². The van der Waals surface area contributed by atoms with Crippen molar-refractivity contribution in [2.75, 3.05) is 51.3 Å². The SMILES string of the molecule is O=C(C[C@H]1C[C@H]2c3cc(NC(=O)C4CCOCC4)ccc3O[C@H]2[C@H](CO)O1)NCCN1CCCCC1. The zero-order valence-electron chi connectivity index (χ0n) is 21.0.